The van der Waals surface area contributed by atoms with E-state index in [2.05, 4.69) is 10.6 Å². The molecular formula is C32H61N5O6. The summed E-state index contributed by atoms with van der Waals surface area (Å²) in [6, 6.07) is 0. The van der Waals surface area contributed by atoms with Gasteiger partial charge in [-0.1, -0.05) is 12.8 Å². The van der Waals surface area contributed by atoms with Gasteiger partial charge in [0.05, 0.1) is 0 Å². The molecule has 0 spiro atoms. The average molecular weight is 612 g/mol. The van der Waals surface area contributed by atoms with Crippen molar-refractivity contribution in [2.45, 2.75) is 130 Å². The van der Waals surface area contributed by atoms with Gasteiger partial charge in [-0.25, -0.2) is 4.79 Å². The Morgan fingerprint density at radius 3 is 1.58 bits per heavy atom. The number of piperidine rings is 1. The maximum Gasteiger partial charge on any atom is 0.410 e. The van der Waals surface area contributed by atoms with Gasteiger partial charge >= 0.3 is 12.1 Å². The Balaban J connectivity index is 3.15. The van der Waals surface area contributed by atoms with E-state index in [1.54, 1.807) is 4.90 Å². The minimum atomic E-state index is -0.617. The van der Waals surface area contributed by atoms with E-state index in [1.165, 1.54) is 0 Å². The SMILES string of the molecule is CC(C)(C)OC(=O)CCC(CNC(=O)CCCCCN)(CNC(=O)CCCCCN)C1CCN(C(=O)OC(C)(C)C)CC1. The van der Waals surface area contributed by atoms with Crippen molar-refractivity contribution in [3.05, 3.63) is 0 Å². The number of likely N-dealkylation sites (tertiary alicyclic amines) is 1. The molecule has 1 aliphatic heterocycles. The number of unbranched alkanes of at least 4 members (excludes halogenated alkanes) is 4. The Morgan fingerprint density at radius 1 is 0.698 bits per heavy atom. The standard InChI is InChI=1S/C32H61N5O6/c1-30(2,3)42-28(40)15-18-32(23-35-26(38)13-9-7-11-19-33,24-36-27(39)14-10-8-12-20-34)25-16-21-37(22-17-25)29(41)43-31(4,5)6/h25H,7-24,33-34H2,1-6H3,(H,35,38)(H,36,39). The maximum atomic E-state index is 12.9. The highest BCUT2D eigenvalue weighted by atomic mass is 16.6. The minimum Gasteiger partial charge on any atom is -0.460 e. The summed E-state index contributed by atoms with van der Waals surface area (Å²) in [6.07, 6.45) is 7.38. The Labute approximate surface area is 259 Å². The van der Waals surface area contributed by atoms with Crippen molar-refractivity contribution in [3.8, 4) is 0 Å². The Bertz CT molecular complexity index is 831. The zero-order valence-electron chi connectivity index (χ0n) is 27.9. The van der Waals surface area contributed by atoms with Crippen LogP contribution in [0, 0.1) is 11.3 Å². The molecule has 0 radical (unpaired) electrons. The Morgan fingerprint density at radius 2 is 1.16 bits per heavy atom. The third-order valence-electron chi connectivity index (χ3n) is 7.75. The summed E-state index contributed by atoms with van der Waals surface area (Å²) in [5.74, 6) is -0.385. The van der Waals surface area contributed by atoms with Crippen molar-refractivity contribution in [2.24, 2.45) is 22.8 Å². The lowest BCUT2D eigenvalue weighted by atomic mass is 9.67. The molecule has 11 nitrogen and oxygen atoms in total. The number of ether oxygens (including phenoxy) is 2. The molecule has 0 bridgehead atoms. The van der Waals surface area contributed by atoms with Gasteiger partial charge in [0, 0.05) is 50.9 Å². The van der Waals surface area contributed by atoms with Crippen LogP contribution in [0.25, 0.3) is 0 Å². The number of nitrogens with two attached hydrogens (primary N) is 2. The fraction of sp³-hybridized carbons (Fsp3) is 0.875. The number of nitrogens with one attached hydrogen (secondary N) is 2. The van der Waals surface area contributed by atoms with Crippen LogP contribution in [-0.4, -0.2) is 79.2 Å². The zero-order valence-corrected chi connectivity index (χ0v) is 27.9. The molecule has 0 unspecified atom stereocenters. The molecule has 0 saturated carbocycles. The molecule has 1 aliphatic rings. The van der Waals surface area contributed by atoms with Gasteiger partial charge in [-0.3, -0.25) is 14.4 Å². The lowest BCUT2D eigenvalue weighted by molar-refractivity contribution is -0.155. The van der Waals surface area contributed by atoms with Crippen LogP contribution in [0.5, 0.6) is 0 Å². The van der Waals surface area contributed by atoms with Gasteiger partial charge in [-0.2, -0.15) is 0 Å². The number of carbonyl (C=O) groups excluding carboxylic acids is 4. The molecule has 1 saturated heterocycles. The molecule has 1 heterocycles. The predicted octanol–water partition coefficient (Wildman–Crippen LogP) is 4.01. The van der Waals surface area contributed by atoms with E-state index < -0.39 is 16.6 Å². The van der Waals surface area contributed by atoms with Crippen molar-refractivity contribution in [1.82, 2.24) is 15.5 Å². The van der Waals surface area contributed by atoms with Crippen LogP contribution >= 0.6 is 0 Å². The summed E-state index contributed by atoms with van der Waals surface area (Å²) in [5, 5.41) is 6.25. The molecule has 0 aliphatic carbocycles. The second-order valence-electron chi connectivity index (χ2n) is 13.9. The maximum absolute atomic E-state index is 12.9. The van der Waals surface area contributed by atoms with Crippen molar-refractivity contribution < 1.29 is 28.7 Å². The predicted molar refractivity (Wildman–Crippen MR) is 169 cm³/mol. The van der Waals surface area contributed by atoms with Crippen LogP contribution in [0.4, 0.5) is 4.79 Å². The second-order valence-corrected chi connectivity index (χ2v) is 13.9. The van der Waals surface area contributed by atoms with Crippen molar-refractivity contribution in [2.75, 3.05) is 39.3 Å². The molecule has 0 aromatic heterocycles. The molecular weight excluding hydrogens is 550 g/mol. The summed E-state index contributed by atoms with van der Waals surface area (Å²) in [5.41, 5.74) is 9.37. The van der Waals surface area contributed by atoms with Gasteiger partial charge in [0.2, 0.25) is 11.8 Å². The first-order valence-corrected chi connectivity index (χ1v) is 16.2. The summed E-state index contributed by atoms with van der Waals surface area (Å²) in [4.78, 5) is 53.1. The number of hydrogen-bond acceptors (Lipinski definition) is 8. The third-order valence-corrected chi connectivity index (χ3v) is 7.75. The first-order chi connectivity index (χ1) is 20.1. The highest BCUT2D eigenvalue weighted by Gasteiger charge is 2.42. The minimum absolute atomic E-state index is 0.0451. The zero-order chi connectivity index (χ0) is 32.5. The van der Waals surface area contributed by atoms with E-state index in [1.807, 2.05) is 41.5 Å². The van der Waals surface area contributed by atoms with Gasteiger partial charge in [0.25, 0.3) is 0 Å². The van der Waals surface area contributed by atoms with Gasteiger partial charge < -0.3 is 36.5 Å². The lowest BCUT2D eigenvalue weighted by Gasteiger charge is -2.45. The highest BCUT2D eigenvalue weighted by molar-refractivity contribution is 5.76. The molecule has 0 atom stereocenters. The smallest absolute Gasteiger partial charge is 0.410 e. The molecule has 0 aromatic carbocycles. The van der Waals surface area contributed by atoms with Gasteiger partial charge in [0.1, 0.15) is 11.2 Å². The summed E-state index contributed by atoms with van der Waals surface area (Å²) < 4.78 is 11.2. The highest BCUT2D eigenvalue weighted by Crippen LogP contribution is 2.40. The molecule has 11 heteroatoms. The van der Waals surface area contributed by atoms with Gasteiger partial charge in [0.15, 0.2) is 0 Å². The molecule has 6 N–H and O–H groups in total. The van der Waals surface area contributed by atoms with Crippen molar-refractivity contribution in [1.29, 1.82) is 0 Å². The number of amides is 3. The van der Waals surface area contributed by atoms with Crippen LogP contribution < -0.4 is 22.1 Å². The topological polar surface area (TPSA) is 166 Å². The normalized spacial score (nSPS) is 14.7. The van der Waals surface area contributed by atoms with Crippen LogP contribution in [0.1, 0.15) is 119 Å². The number of esters is 1. The number of rotatable bonds is 18. The fourth-order valence-corrected chi connectivity index (χ4v) is 5.42. The van der Waals surface area contributed by atoms with E-state index in [4.69, 9.17) is 20.9 Å². The number of nitrogens with zero attached hydrogens (tertiary/aromatic N) is 1. The molecule has 43 heavy (non-hydrogen) atoms. The molecule has 1 rings (SSSR count). The Kier molecular flexibility index (Phi) is 17.1. The van der Waals surface area contributed by atoms with Gasteiger partial charge in [-0.15, -0.1) is 0 Å². The summed E-state index contributed by atoms with van der Waals surface area (Å²) in [6.45, 7) is 13.9. The third kappa shape index (κ3) is 16.9. The average Bonchev–Trinajstić information content (AvgIpc) is 2.91. The van der Waals surface area contributed by atoms with E-state index in [9.17, 15) is 19.2 Å². The number of hydrogen-bond donors (Lipinski definition) is 4. The van der Waals surface area contributed by atoms with Gasteiger partial charge in [-0.05, 0) is 105 Å². The molecule has 3 amide bonds. The van der Waals surface area contributed by atoms with Crippen LogP contribution in [0.15, 0.2) is 0 Å². The first-order valence-electron chi connectivity index (χ1n) is 16.2. The Hall–Kier alpha value is -2.40. The summed E-state index contributed by atoms with van der Waals surface area (Å²) >= 11 is 0. The van der Waals surface area contributed by atoms with Crippen LogP contribution in [0.3, 0.4) is 0 Å². The van der Waals surface area contributed by atoms with Crippen LogP contribution in [0.2, 0.25) is 0 Å². The quantitative estimate of drug-likeness (QED) is 0.133. The van der Waals surface area contributed by atoms with Crippen molar-refractivity contribution >= 4 is 23.9 Å². The number of carbonyl (C=O) groups is 4. The summed E-state index contributed by atoms with van der Waals surface area (Å²) in [7, 11) is 0. The van der Waals surface area contributed by atoms with Crippen LogP contribution in [-0.2, 0) is 23.9 Å². The van der Waals surface area contributed by atoms with Crippen molar-refractivity contribution in [3.63, 3.8) is 0 Å². The first kappa shape index (κ1) is 38.6. The fourth-order valence-electron chi connectivity index (χ4n) is 5.42. The second kappa shape index (κ2) is 19.1. The van der Waals surface area contributed by atoms with E-state index in [0.29, 0.717) is 71.4 Å². The lowest BCUT2D eigenvalue weighted by Crippen LogP contribution is -2.53. The van der Waals surface area contributed by atoms with E-state index in [0.717, 1.165) is 38.5 Å². The largest absolute Gasteiger partial charge is 0.460 e. The van der Waals surface area contributed by atoms with E-state index >= 15 is 0 Å². The molecule has 1 fully saturated rings. The molecule has 0 aromatic rings. The monoisotopic (exact) mass is 611 g/mol. The van der Waals surface area contributed by atoms with E-state index in [-0.39, 0.29) is 36.2 Å². The molecule has 250 valence electrons.